The summed E-state index contributed by atoms with van der Waals surface area (Å²) < 4.78 is 38.3. The molecule has 1 aromatic rings. The Morgan fingerprint density at radius 3 is 2.68 bits per heavy atom. The van der Waals surface area contributed by atoms with Gasteiger partial charge in [-0.3, -0.25) is 4.79 Å². The second kappa shape index (κ2) is 5.93. The van der Waals surface area contributed by atoms with Gasteiger partial charge in [-0.1, -0.05) is 0 Å². The fourth-order valence-electron chi connectivity index (χ4n) is 1.32. The highest BCUT2D eigenvalue weighted by atomic mass is 32.2. The van der Waals surface area contributed by atoms with E-state index < -0.39 is 23.3 Å². The van der Waals surface area contributed by atoms with E-state index in [-0.39, 0.29) is 22.9 Å². The topological polar surface area (TPSA) is 74.0 Å². The maximum absolute atomic E-state index is 12.8. The standard InChI is InChI=1S/C11H9F3N2O2S/c1-6-4-8(11(12,13)14)7(5-15)10(16-6)19-3-2-9(17)18/h4H,2-3H2,1H3,(H,17,18). The number of alkyl halides is 3. The number of rotatable bonds is 4. The number of nitriles is 1. The molecule has 0 unspecified atom stereocenters. The van der Waals surface area contributed by atoms with Gasteiger partial charge in [0.1, 0.15) is 11.1 Å². The Bertz CT molecular complexity index is 538. The van der Waals surface area contributed by atoms with Crippen molar-refractivity contribution < 1.29 is 23.1 Å². The van der Waals surface area contributed by atoms with Crippen LogP contribution in [0.15, 0.2) is 11.1 Å². The Balaban J connectivity index is 3.14. The Hall–Kier alpha value is -1.75. The van der Waals surface area contributed by atoms with Gasteiger partial charge in [0.05, 0.1) is 17.5 Å². The van der Waals surface area contributed by atoms with Crippen LogP contribution in [-0.4, -0.2) is 21.8 Å². The molecule has 1 N–H and O–H groups in total. The van der Waals surface area contributed by atoms with Crippen LogP contribution in [0.25, 0.3) is 0 Å². The first kappa shape index (κ1) is 15.3. The van der Waals surface area contributed by atoms with Crippen LogP contribution in [0.4, 0.5) is 13.2 Å². The minimum atomic E-state index is -4.64. The Kier molecular flexibility index (Phi) is 4.78. The van der Waals surface area contributed by atoms with E-state index in [4.69, 9.17) is 10.4 Å². The number of halogens is 3. The van der Waals surface area contributed by atoms with E-state index in [0.717, 1.165) is 17.8 Å². The van der Waals surface area contributed by atoms with Crippen molar-refractivity contribution in [2.75, 3.05) is 5.75 Å². The summed E-state index contributed by atoms with van der Waals surface area (Å²) in [6.07, 6.45) is -4.85. The molecule has 0 fully saturated rings. The summed E-state index contributed by atoms with van der Waals surface area (Å²) in [6, 6.07) is 2.29. The van der Waals surface area contributed by atoms with Crippen LogP contribution in [0.3, 0.4) is 0 Å². The molecule has 0 atom stereocenters. The van der Waals surface area contributed by atoms with E-state index in [0.29, 0.717) is 0 Å². The minimum Gasteiger partial charge on any atom is -0.481 e. The molecule has 0 bridgehead atoms. The lowest BCUT2D eigenvalue weighted by Gasteiger charge is -2.12. The van der Waals surface area contributed by atoms with E-state index in [9.17, 15) is 18.0 Å². The van der Waals surface area contributed by atoms with Gasteiger partial charge in [-0.15, -0.1) is 11.8 Å². The first-order valence-electron chi connectivity index (χ1n) is 5.09. The molecule has 0 aliphatic heterocycles. The summed E-state index contributed by atoms with van der Waals surface area (Å²) in [5.41, 5.74) is -1.47. The molecule has 0 spiro atoms. The van der Waals surface area contributed by atoms with Gasteiger partial charge in [0.25, 0.3) is 0 Å². The SMILES string of the molecule is Cc1cc(C(F)(F)F)c(C#N)c(SCCC(=O)O)n1. The third kappa shape index (κ3) is 4.13. The average Bonchev–Trinajstić information content (AvgIpc) is 2.26. The quantitative estimate of drug-likeness (QED) is 0.863. The number of nitrogens with zero attached hydrogens (tertiary/aromatic N) is 2. The van der Waals surface area contributed by atoms with Crippen molar-refractivity contribution in [3.63, 3.8) is 0 Å². The molecule has 0 saturated carbocycles. The summed E-state index contributed by atoms with van der Waals surface area (Å²) >= 11 is 0.830. The number of hydrogen-bond donors (Lipinski definition) is 1. The van der Waals surface area contributed by atoms with Gasteiger partial charge in [-0.05, 0) is 13.0 Å². The molecule has 0 aliphatic carbocycles. The molecule has 0 saturated heterocycles. The Labute approximate surface area is 111 Å². The Morgan fingerprint density at radius 1 is 1.58 bits per heavy atom. The average molecular weight is 290 g/mol. The lowest BCUT2D eigenvalue weighted by atomic mass is 10.1. The van der Waals surface area contributed by atoms with Gasteiger partial charge >= 0.3 is 12.1 Å². The number of carbonyl (C=O) groups is 1. The first-order chi connectivity index (χ1) is 8.75. The van der Waals surface area contributed by atoms with E-state index in [1.165, 1.54) is 13.0 Å². The number of thioether (sulfide) groups is 1. The summed E-state index contributed by atoms with van der Waals surface area (Å²) in [7, 11) is 0. The molecule has 1 aromatic heterocycles. The van der Waals surface area contributed by atoms with Gasteiger partial charge in [-0.25, -0.2) is 4.98 Å². The first-order valence-corrected chi connectivity index (χ1v) is 6.07. The molecule has 1 rings (SSSR count). The van der Waals surface area contributed by atoms with Gasteiger partial charge in [0.15, 0.2) is 0 Å². The number of aromatic nitrogens is 1. The summed E-state index contributed by atoms with van der Waals surface area (Å²) in [5, 5.41) is 17.2. The third-order valence-corrected chi connectivity index (χ3v) is 3.06. The number of aliphatic carboxylic acids is 1. The Morgan fingerprint density at radius 2 is 2.21 bits per heavy atom. The van der Waals surface area contributed by atoms with Crippen molar-refractivity contribution in [2.45, 2.75) is 24.5 Å². The van der Waals surface area contributed by atoms with E-state index in [1.807, 2.05) is 0 Å². The minimum absolute atomic E-state index is 0.0533. The van der Waals surface area contributed by atoms with Crippen molar-refractivity contribution in [3.8, 4) is 6.07 Å². The van der Waals surface area contributed by atoms with E-state index in [2.05, 4.69) is 4.98 Å². The summed E-state index contributed by atoms with van der Waals surface area (Å²) in [5.74, 6) is -1.01. The summed E-state index contributed by atoms with van der Waals surface area (Å²) in [4.78, 5) is 14.2. The number of carboxylic acid groups (broad SMARTS) is 1. The van der Waals surface area contributed by atoms with E-state index in [1.54, 1.807) is 0 Å². The maximum atomic E-state index is 12.8. The lowest BCUT2D eigenvalue weighted by Crippen LogP contribution is -2.10. The van der Waals surface area contributed by atoms with Crippen LogP contribution < -0.4 is 0 Å². The monoisotopic (exact) mass is 290 g/mol. The molecule has 8 heteroatoms. The molecule has 4 nitrogen and oxygen atoms in total. The van der Waals surface area contributed by atoms with Gasteiger partial charge < -0.3 is 5.11 Å². The highest BCUT2D eigenvalue weighted by Crippen LogP contribution is 2.35. The smallest absolute Gasteiger partial charge is 0.417 e. The number of pyridine rings is 1. The van der Waals surface area contributed by atoms with Gasteiger partial charge in [0, 0.05) is 11.4 Å². The van der Waals surface area contributed by atoms with Crippen LogP contribution in [-0.2, 0) is 11.0 Å². The molecule has 0 aliphatic rings. The molecule has 1 heterocycles. The van der Waals surface area contributed by atoms with Crippen LogP contribution in [0.5, 0.6) is 0 Å². The second-order valence-electron chi connectivity index (χ2n) is 3.59. The lowest BCUT2D eigenvalue weighted by molar-refractivity contribution is -0.138. The maximum Gasteiger partial charge on any atom is 0.417 e. The third-order valence-electron chi connectivity index (χ3n) is 2.09. The fourth-order valence-corrected chi connectivity index (χ4v) is 2.29. The highest BCUT2D eigenvalue weighted by molar-refractivity contribution is 7.99. The van der Waals surface area contributed by atoms with Crippen molar-refractivity contribution in [3.05, 3.63) is 22.9 Å². The number of hydrogen-bond acceptors (Lipinski definition) is 4. The zero-order valence-electron chi connectivity index (χ0n) is 9.78. The van der Waals surface area contributed by atoms with Crippen LogP contribution in [0.1, 0.15) is 23.2 Å². The highest BCUT2D eigenvalue weighted by Gasteiger charge is 2.35. The predicted molar refractivity (Wildman–Crippen MR) is 61.7 cm³/mol. The molecular weight excluding hydrogens is 281 g/mol. The van der Waals surface area contributed by atoms with Crippen molar-refractivity contribution in [1.82, 2.24) is 4.98 Å². The van der Waals surface area contributed by atoms with Crippen molar-refractivity contribution in [1.29, 1.82) is 5.26 Å². The molecule has 19 heavy (non-hydrogen) atoms. The molecule has 102 valence electrons. The molecule has 0 amide bonds. The van der Waals surface area contributed by atoms with Crippen molar-refractivity contribution >= 4 is 17.7 Å². The van der Waals surface area contributed by atoms with Crippen LogP contribution in [0, 0.1) is 18.3 Å². The predicted octanol–water partition coefficient (Wildman–Crippen LogP) is 2.85. The van der Waals surface area contributed by atoms with Gasteiger partial charge in [-0.2, -0.15) is 18.4 Å². The van der Waals surface area contributed by atoms with Crippen LogP contribution in [0.2, 0.25) is 0 Å². The zero-order valence-corrected chi connectivity index (χ0v) is 10.6. The fraction of sp³-hybridized carbons (Fsp3) is 0.364. The van der Waals surface area contributed by atoms with Gasteiger partial charge in [0.2, 0.25) is 0 Å². The van der Waals surface area contributed by atoms with Crippen LogP contribution >= 0.6 is 11.8 Å². The zero-order chi connectivity index (χ0) is 14.6. The summed E-state index contributed by atoms with van der Waals surface area (Å²) in [6.45, 7) is 1.39. The second-order valence-corrected chi connectivity index (χ2v) is 4.68. The molecular formula is C11H9F3N2O2S. The molecule has 0 aromatic carbocycles. The van der Waals surface area contributed by atoms with Crippen molar-refractivity contribution in [2.24, 2.45) is 0 Å². The molecule has 0 radical (unpaired) electrons. The number of aryl methyl sites for hydroxylation is 1. The largest absolute Gasteiger partial charge is 0.481 e. The number of carboxylic acids is 1. The normalized spacial score (nSPS) is 11.1. The van der Waals surface area contributed by atoms with E-state index >= 15 is 0 Å².